The van der Waals surface area contributed by atoms with Crippen LogP contribution in [0, 0.1) is 0 Å². The molecule has 19 heavy (non-hydrogen) atoms. The molecule has 0 spiro atoms. The van der Waals surface area contributed by atoms with Crippen molar-refractivity contribution in [1.29, 1.82) is 0 Å². The summed E-state index contributed by atoms with van der Waals surface area (Å²) in [6, 6.07) is 3.26. The zero-order chi connectivity index (χ0) is 14.6. The lowest BCUT2D eigenvalue weighted by Gasteiger charge is -2.24. The molecule has 1 rings (SSSR count). The van der Waals surface area contributed by atoms with E-state index in [0.29, 0.717) is 0 Å². The summed E-state index contributed by atoms with van der Waals surface area (Å²) in [5.41, 5.74) is -0.413. The van der Waals surface area contributed by atoms with Crippen molar-refractivity contribution in [2.75, 3.05) is 5.32 Å². The Morgan fingerprint density at radius 1 is 1.32 bits per heavy atom. The minimum atomic E-state index is -1.22. The zero-order valence-electron chi connectivity index (χ0n) is 11.2. The molecule has 2 amide bonds. The summed E-state index contributed by atoms with van der Waals surface area (Å²) in [6.45, 7) is 5.66. The lowest BCUT2D eigenvalue weighted by atomic mass is 10.0. The molecule has 0 atom stereocenters. The second-order valence-corrected chi connectivity index (χ2v) is 4.85. The van der Waals surface area contributed by atoms with Gasteiger partial charge in [-0.15, -0.1) is 0 Å². The van der Waals surface area contributed by atoms with E-state index in [1.54, 1.807) is 0 Å². The number of nitrogens with one attached hydrogen (secondary N) is 2. The van der Waals surface area contributed by atoms with E-state index in [2.05, 4.69) is 10.6 Å². The topological polar surface area (TPSA) is 98.7 Å². The number of carbonyl (C=O) groups excluding carboxylic acids is 1. The molecule has 0 aliphatic heterocycles. The molecule has 1 aromatic carbocycles. The van der Waals surface area contributed by atoms with Crippen LogP contribution in [0.25, 0.3) is 0 Å². The number of carboxylic acid groups (broad SMARTS) is 1. The molecule has 4 N–H and O–H groups in total. The fourth-order valence-electron chi connectivity index (χ4n) is 1.37. The number of aromatic carboxylic acids is 1. The van der Waals surface area contributed by atoms with Crippen molar-refractivity contribution in [3.63, 3.8) is 0 Å². The van der Waals surface area contributed by atoms with Crippen molar-refractivity contribution in [3.8, 4) is 5.75 Å². The van der Waals surface area contributed by atoms with E-state index in [1.165, 1.54) is 12.1 Å². The van der Waals surface area contributed by atoms with Crippen LogP contribution in [0.15, 0.2) is 18.2 Å². The van der Waals surface area contributed by atoms with Gasteiger partial charge in [-0.1, -0.05) is 6.92 Å². The van der Waals surface area contributed by atoms with E-state index in [0.717, 1.165) is 12.5 Å². The molecule has 0 radical (unpaired) electrons. The molecule has 1 aromatic rings. The maximum Gasteiger partial charge on any atom is 0.337 e. The number of hydrogen-bond donors (Lipinski definition) is 4. The van der Waals surface area contributed by atoms with Crippen LogP contribution in [0.5, 0.6) is 5.75 Å². The van der Waals surface area contributed by atoms with Crippen molar-refractivity contribution in [3.05, 3.63) is 23.8 Å². The fourth-order valence-corrected chi connectivity index (χ4v) is 1.37. The van der Waals surface area contributed by atoms with E-state index < -0.39 is 12.0 Å². The van der Waals surface area contributed by atoms with Crippen LogP contribution < -0.4 is 10.6 Å². The highest BCUT2D eigenvalue weighted by molar-refractivity contribution is 6.00. The SMILES string of the molecule is CCC(C)(C)NC(=O)Nc1ccc(O)cc1C(=O)O. The third kappa shape index (κ3) is 4.17. The first-order valence-corrected chi connectivity index (χ1v) is 5.90. The first-order valence-electron chi connectivity index (χ1n) is 5.90. The Morgan fingerprint density at radius 2 is 1.95 bits per heavy atom. The molecule has 0 saturated heterocycles. The van der Waals surface area contributed by atoms with Gasteiger partial charge in [0.25, 0.3) is 0 Å². The van der Waals surface area contributed by atoms with Gasteiger partial charge in [-0.25, -0.2) is 9.59 Å². The number of anilines is 1. The Labute approximate surface area is 111 Å². The molecule has 6 heteroatoms. The lowest BCUT2D eigenvalue weighted by molar-refractivity contribution is 0.0697. The number of aromatic hydroxyl groups is 1. The van der Waals surface area contributed by atoms with Crippen molar-refractivity contribution in [2.45, 2.75) is 32.7 Å². The highest BCUT2D eigenvalue weighted by Crippen LogP contribution is 2.21. The van der Waals surface area contributed by atoms with Gasteiger partial charge in [0.1, 0.15) is 5.75 Å². The summed E-state index contributed by atoms with van der Waals surface area (Å²) >= 11 is 0. The summed E-state index contributed by atoms with van der Waals surface area (Å²) < 4.78 is 0. The molecule has 0 aromatic heterocycles. The van der Waals surface area contributed by atoms with Gasteiger partial charge in [-0.05, 0) is 38.5 Å². The van der Waals surface area contributed by atoms with Crippen LogP contribution in [0.4, 0.5) is 10.5 Å². The first-order chi connectivity index (χ1) is 8.75. The van der Waals surface area contributed by atoms with Gasteiger partial charge in [0, 0.05) is 5.54 Å². The van der Waals surface area contributed by atoms with E-state index in [4.69, 9.17) is 5.11 Å². The van der Waals surface area contributed by atoms with Gasteiger partial charge in [0.05, 0.1) is 11.3 Å². The van der Waals surface area contributed by atoms with Gasteiger partial charge in [0.15, 0.2) is 0 Å². The molecular formula is C13H18N2O4. The minimum Gasteiger partial charge on any atom is -0.508 e. The summed E-state index contributed by atoms with van der Waals surface area (Å²) in [5, 5.41) is 23.4. The Bertz CT molecular complexity index is 497. The maximum atomic E-state index is 11.8. The van der Waals surface area contributed by atoms with E-state index >= 15 is 0 Å². The largest absolute Gasteiger partial charge is 0.508 e. The normalized spacial score (nSPS) is 10.9. The minimum absolute atomic E-state index is 0.134. The van der Waals surface area contributed by atoms with Crippen molar-refractivity contribution in [2.24, 2.45) is 0 Å². The first kappa shape index (κ1) is 14.8. The number of rotatable bonds is 4. The average Bonchev–Trinajstić information content (AvgIpc) is 2.30. The molecule has 0 heterocycles. The Morgan fingerprint density at radius 3 is 2.47 bits per heavy atom. The predicted octanol–water partition coefficient (Wildman–Crippen LogP) is 2.40. The van der Waals surface area contributed by atoms with Gasteiger partial charge in [-0.2, -0.15) is 0 Å². The smallest absolute Gasteiger partial charge is 0.337 e. The lowest BCUT2D eigenvalue weighted by Crippen LogP contribution is -2.45. The number of carboxylic acids is 1. The number of phenols is 1. The van der Waals surface area contributed by atoms with Crippen LogP contribution in [0.2, 0.25) is 0 Å². The summed E-state index contributed by atoms with van der Waals surface area (Å²) in [4.78, 5) is 22.8. The van der Waals surface area contributed by atoms with Crippen LogP contribution in [-0.2, 0) is 0 Å². The van der Waals surface area contributed by atoms with Gasteiger partial charge < -0.3 is 20.8 Å². The van der Waals surface area contributed by atoms with E-state index in [-0.39, 0.29) is 22.5 Å². The number of amides is 2. The number of urea groups is 1. The maximum absolute atomic E-state index is 11.8. The Kier molecular flexibility index (Phi) is 4.37. The molecule has 0 fully saturated rings. The number of carbonyl (C=O) groups is 2. The third-order valence-corrected chi connectivity index (χ3v) is 2.82. The highest BCUT2D eigenvalue weighted by Gasteiger charge is 2.19. The van der Waals surface area contributed by atoms with Crippen molar-refractivity contribution >= 4 is 17.7 Å². The van der Waals surface area contributed by atoms with Gasteiger partial charge in [0.2, 0.25) is 0 Å². The van der Waals surface area contributed by atoms with Crippen molar-refractivity contribution in [1.82, 2.24) is 5.32 Å². The number of hydrogen-bond acceptors (Lipinski definition) is 3. The summed E-state index contributed by atoms with van der Waals surface area (Å²) in [7, 11) is 0. The predicted molar refractivity (Wildman–Crippen MR) is 71.6 cm³/mol. The molecule has 0 aliphatic carbocycles. The Hall–Kier alpha value is -2.24. The van der Waals surface area contributed by atoms with Gasteiger partial charge in [-0.3, -0.25) is 0 Å². The second-order valence-electron chi connectivity index (χ2n) is 4.85. The third-order valence-electron chi connectivity index (χ3n) is 2.82. The molecule has 0 bridgehead atoms. The number of phenolic OH excluding ortho intramolecular Hbond substituents is 1. The Balaban J connectivity index is 2.88. The molecule has 104 valence electrons. The number of benzene rings is 1. The van der Waals surface area contributed by atoms with Crippen molar-refractivity contribution < 1.29 is 19.8 Å². The van der Waals surface area contributed by atoms with Crippen LogP contribution in [0.1, 0.15) is 37.6 Å². The fraction of sp³-hybridized carbons (Fsp3) is 0.385. The average molecular weight is 266 g/mol. The second kappa shape index (κ2) is 5.60. The van der Waals surface area contributed by atoms with Crippen LogP contribution in [0.3, 0.4) is 0 Å². The monoisotopic (exact) mass is 266 g/mol. The summed E-state index contributed by atoms with van der Waals surface area (Å²) in [5.74, 6) is -1.39. The standard InChI is InChI=1S/C13H18N2O4/c1-4-13(2,3)15-12(19)14-10-6-5-8(16)7-9(10)11(17)18/h5-7,16H,4H2,1-3H3,(H,17,18)(H2,14,15,19). The molecule has 0 aliphatic rings. The van der Waals surface area contributed by atoms with Gasteiger partial charge >= 0.3 is 12.0 Å². The van der Waals surface area contributed by atoms with E-state index in [9.17, 15) is 14.7 Å². The quantitative estimate of drug-likeness (QED) is 0.629. The molecule has 0 saturated carbocycles. The van der Waals surface area contributed by atoms with Crippen LogP contribution >= 0.6 is 0 Å². The highest BCUT2D eigenvalue weighted by atomic mass is 16.4. The molecular weight excluding hydrogens is 248 g/mol. The molecule has 0 unspecified atom stereocenters. The zero-order valence-corrected chi connectivity index (χ0v) is 11.2. The van der Waals surface area contributed by atoms with E-state index in [1.807, 2.05) is 20.8 Å². The summed E-state index contributed by atoms with van der Waals surface area (Å²) in [6.07, 6.45) is 0.738. The van der Waals surface area contributed by atoms with Crippen LogP contribution in [-0.4, -0.2) is 27.8 Å². The molecule has 6 nitrogen and oxygen atoms in total.